The van der Waals surface area contributed by atoms with Gasteiger partial charge in [0, 0.05) is 5.41 Å². The fraction of sp³-hybridized carbons (Fsp3) is 0.368. The van der Waals surface area contributed by atoms with Crippen LogP contribution in [0.2, 0.25) is 0 Å². The first-order valence-electron chi connectivity index (χ1n) is 14.8. The van der Waals surface area contributed by atoms with E-state index in [1.165, 1.54) is 33.4 Å². The summed E-state index contributed by atoms with van der Waals surface area (Å²) in [7, 11) is 0. The first kappa shape index (κ1) is 29.5. The Hall–Kier alpha value is -3.52. The van der Waals surface area contributed by atoms with E-state index < -0.39 is 0 Å². The maximum atomic E-state index is 6.27. The van der Waals surface area contributed by atoms with E-state index in [0.717, 1.165) is 29.4 Å². The highest BCUT2D eigenvalue weighted by atomic mass is 16.5. The van der Waals surface area contributed by atoms with Gasteiger partial charge in [0.1, 0.15) is 23.0 Å². The Balaban J connectivity index is 1.47. The van der Waals surface area contributed by atoms with Crippen LogP contribution in [-0.4, -0.2) is 0 Å². The van der Waals surface area contributed by atoms with Gasteiger partial charge in [0.05, 0.1) is 0 Å². The summed E-state index contributed by atoms with van der Waals surface area (Å²) in [6.07, 6.45) is 1.01. The van der Waals surface area contributed by atoms with Crippen molar-refractivity contribution in [1.82, 2.24) is 0 Å². The molecule has 0 unspecified atom stereocenters. The summed E-state index contributed by atoms with van der Waals surface area (Å²) in [5.41, 5.74) is 7.82. The monoisotopic (exact) mass is 534 g/mol. The molecule has 0 fully saturated rings. The van der Waals surface area contributed by atoms with Crippen molar-refractivity contribution in [2.45, 2.75) is 91.9 Å². The quantitative estimate of drug-likeness (QED) is 0.201. The molecule has 0 aliphatic heterocycles. The van der Waals surface area contributed by atoms with E-state index in [1.807, 2.05) is 0 Å². The zero-order chi connectivity index (χ0) is 29.0. The maximum Gasteiger partial charge on any atom is 0.127 e. The highest BCUT2D eigenvalue weighted by Gasteiger charge is 2.23. The van der Waals surface area contributed by atoms with Crippen molar-refractivity contribution < 1.29 is 9.47 Å². The first-order valence-corrected chi connectivity index (χ1v) is 14.8. The highest BCUT2D eigenvalue weighted by molar-refractivity contribution is 5.45. The van der Waals surface area contributed by atoms with Gasteiger partial charge in [-0.3, -0.25) is 0 Å². The van der Waals surface area contributed by atoms with E-state index in [2.05, 4.69) is 147 Å². The van der Waals surface area contributed by atoms with Gasteiger partial charge in [-0.05, 0) is 106 Å². The SMILES string of the molecule is CCc1cc(Oc2ccc(C(C)(C)c3ccc(Oc4ccc(C(C)C)c(C(C)C)c4)cc3)cc2)ccc1C(C)C. The molecule has 4 rings (SSSR count). The zero-order valence-electron chi connectivity index (χ0n) is 25.8. The van der Waals surface area contributed by atoms with Gasteiger partial charge in [-0.2, -0.15) is 0 Å². The summed E-state index contributed by atoms with van der Waals surface area (Å²) in [5, 5.41) is 0. The minimum atomic E-state index is -0.158. The van der Waals surface area contributed by atoms with Crippen molar-refractivity contribution in [3.05, 3.63) is 118 Å². The lowest BCUT2D eigenvalue weighted by Crippen LogP contribution is -2.18. The Bertz CT molecular complexity index is 1410. The van der Waals surface area contributed by atoms with Crippen molar-refractivity contribution in [2.24, 2.45) is 0 Å². The number of ether oxygens (including phenoxy) is 2. The fourth-order valence-corrected chi connectivity index (χ4v) is 5.48. The van der Waals surface area contributed by atoms with Gasteiger partial charge in [0.15, 0.2) is 0 Å². The second-order valence-electron chi connectivity index (χ2n) is 12.3. The Morgan fingerprint density at radius 2 is 0.900 bits per heavy atom. The molecule has 0 aromatic heterocycles. The van der Waals surface area contributed by atoms with E-state index in [0.29, 0.717) is 17.8 Å². The fourth-order valence-electron chi connectivity index (χ4n) is 5.48. The molecule has 0 aliphatic carbocycles. The van der Waals surface area contributed by atoms with Crippen LogP contribution in [0.3, 0.4) is 0 Å². The van der Waals surface area contributed by atoms with Gasteiger partial charge < -0.3 is 9.47 Å². The van der Waals surface area contributed by atoms with Gasteiger partial charge in [-0.25, -0.2) is 0 Å². The van der Waals surface area contributed by atoms with Crippen molar-refractivity contribution in [2.75, 3.05) is 0 Å². The van der Waals surface area contributed by atoms with Crippen LogP contribution >= 0.6 is 0 Å². The van der Waals surface area contributed by atoms with Crippen LogP contribution in [0.15, 0.2) is 84.9 Å². The minimum absolute atomic E-state index is 0.158. The minimum Gasteiger partial charge on any atom is -0.457 e. The second kappa shape index (κ2) is 12.3. The molecule has 0 atom stereocenters. The van der Waals surface area contributed by atoms with E-state index >= 15 is 0 Å². The number of rotatable bonds is 10. The molecule has 0 bridgehead atoms. The van der Waals surface area contributed by atoms with Crippen LogP contribution in [0.4, 0.5) is 0 Å². The molecule has 0 N–H and O–H groups in total. The summed E-state index contributed by atoms with van der Waals surface area (Å²) in [6.45, 7) is 20.2. The molecule has 0 heterocycles. The lowest BCUT2D eigenvalue weighted by molar-refractivity contribution is 0.479. The van der Waals surface area contributed by atoms with Crippen molar-refractivity contribution in [3.63, 3.8) is 0 Å². The molecule has 2 heteroatoms. The van der Waals surface area contributed by atoms with Crippen LogP contribution in [0.5, 0.6) is 23.0 Å². The second-order valence-corrected chi connectivity index (χ2v) is 12.3. The average Bonchev–Trinajstić information content (AvgIpc) is 2.93. The predicted molar refractivity (Wildman–Crippen MR) is 170 cm³/mol. The van der Waals surface area contributed by atoms with Crippen molar-refractivity contribution in [3.8, 4) is 23.0 Å². The largest absolute Gasteiger partial charge is 0.457 e. The van der Waals surface area contributed by atoms with Gasteiger partial charge in [-0.15, -0.1) is 0 Å². The van der Waals surface area contributed by atoms with Crippen LogP contribution in [0.25, 0.3) is 0 Å². The Kier molecular flexibility index (Phi) is 9.08. The molecule has 40 heavy (non-hydrogen) atoms. The molecule has 4 aromatic rings. The molecular formula is C38H46O2. The maximum absolute atomic E-state index is 6.27. The van der Waals surface area contributed by atoms with Gasteiger partial charge in [0.2, 0.25) is 0 Å². The summed E-state index contributed by atoms with van der Waals surface area (Å²) >= 11 is 0. The molecular weight excluding hydrogens is 488 g/mol. The lowest BCUT2D eigenvalue weighted by atomic mass is 9.78. The first-order chi connectivity index (χ1) is 19.0. The molecule has 0 saturated carbocycles. The molecule has 210 valence electrons. The smallest absolute Gasteiger partial charge is 0.127 e. The highest BCUT2D eigenvalue weighted by Crippen LogP contribution is 2.36. The molecule has 2 nitrogen and oxygen atoms in total. The predicted octanol–water partition coefficient (Wildman–Crippen LogP) is 11.5. The number of hydrogen-bond donors (Lipinski definition) is 0. The molecule has 0 aliphatic rings. The summed E-state index contributed by atoms with van der Waals surface area (Å²) in [5.74, 6) is 4.96. The summed E-state index contributed by atoms with van der Waals surface area (Å²) in [6, 6.07) is 30.0. The number of benzene rings is 4. The van der Waals surface area contributed by atoms with E-state index in [1.54, 1.807) is 0 Å². The van der Waals surface area contributed by atoms with Gasteiger partial charge in [0.25, 0.3) is 0 Å². The van der Waals surface area contributed by atoms with Crippen molar-refractivity contribution >= 4 is 0 Å². The van der Waals surface area contributed by atoms with Gasteiger partial charge in [-0.1, -0.05) is 98.7 Å². The van der Waals surface area contributed by atoms with Crippen molar-refractivity contribution in [1.29, 1.82) is 0 Å². The molecule has 0 spiro atoms. The third-order valence-electron chi connectivity index (χ3n) is 8.04. The normalized spacial score (nSPS) is 11.9. The number of aryl methyl sites for hydroxylation is 1. The third-order valence-corrected chi connectivity index (χ3v) is 8.04. The van der Waals surface area contributed by atoms with Crippen LogP contribution in [0.1, 0.15) is 113 Å². The van der Waals surface area contributed by atoms with Crippen LogP contribution in [0, 0.1) is 0 Å². The molecule has 4 aromatic carbocycles. The molecule has 0 radical (unpaired) electrons. The topological polar surface area (TPSA) is 18.5 Å². The van der Waals surface area contributed by atoms with Crippen LogP contribution < -0.4 is 9.47 Å². The average molecular weight is 535 g/mol. The van der Waals surface area contributed by atoms with E-state index in [4.69, 9.17) is 9.47 Å². The van der Waals surface area contributed by atoms with E-state index in [-0.39, 0.29) is 5.41 Å². The third kappa shape index (κ3) is 6.61. The Labute approximate surface area is 242 Å². The standard InChI is InChI=1S/C38H46O2/c1-10-28-23-33(19-21-35(28)25(2)3)39-31-15-11-29(12-16-31)38(8,9)30-13-17-32(18-14-30)40-34-20-22-36(26(4)5)37(24-34)27(6)7/h11-27H,10H2,1-9H3. The zero-order valence-corrected chi connectivity index (χ0v) is 25.8. The molecule has 0 amide bonds. The summed E-state index contributed by atoms with van der Waals surface area (Å²) in [4.78, 5) is 0. The number of hydrogen-bond acceptors (Lipinski definition) is 2. The lowest BCUT2D eigenvalue weighted by Gasteiger charge is -2.26. The Morgan fingerprint density at radius 3 is 1.32 bits per heavy atom. The summed E-state index contributed by atoms with van der Waals surface area (Å²) < 4.78 is 12.5. The van der Waals surface area contributed by atoms with Gasteiger partial charge >= 0.3 is 0 Å². The van der Waals surface area contributed by atoms with Crippen LogP contribution in [-0.2, 0) is 11.8 Å². The Morgan fingerprint density at radius 1 is 0.500 bits per heavy atom. The van der Waals surface area contributed by atoms with E-state index in [9.17, 15) is 0 Å². The molecule has 0 saturated heterocycles.